The number of benzene rings is 3. The standard InChI is InChI=1S/C33H44O/c1-6-7-8-9-10-11-12-20-34-29-15-13-14-25(22-29)26-16-17-27-23-30-31(24-28(27)21-26)33(4,5)19-18-32(30,2)3/h13-17,21-24H,6-12,18-20H2,1-5H3. The number of fused-ring (bicyclic) bond motifs is 2. The summed E-state index contributed by atoms with van der Waals surface area (Å²) in [6.45, 7) is 12.7. The minimum Gasteiger partial charge on any atom is -0.494 e. The highest BCUT2D eigenvalue weighted by Crippen LogP contribution is 2.47. The minimum absolute atomic E-state index is 0.235. The molecule has 1 nitrogen and oxygen atoms in total. The Morgan fingerprint density at radius 1 is 0.647 bits per heavy atom. The van der Waals surface area contributed by atoms with Crippen LogP contribution >= 0.6 is 0 Å². The number of ether oxygens (including phenoxy) is 1. The van der Waals surface area contributed by atoms with Crippen molar-refractivity contribution in [3.8, 4) is 16.9 Å². The second-order valence-electron chi connectivity index (χ2n) is 11.7. The van der Waals surface area contributed by atoms with E-state index in [2.05, 4.69) is 89.2 Å². The van der Waals surface area contributed by atoms with Crippen LogP contribution < -0.4 is 4.74 Å². The summed E-state index contributed by atoms with van der Waals surface area (Å²) in [5.41, 5.74) is 6.04. The SMILES string of the molecule is CCCCCCCCCOc1cccc(-c2ccc3cc4c(cc3c2)C(C)(C)CCC4(C)C)c1. The van der Waals surface area contributed by atoms with E-state index >= 15 is 0 Å². The van der Waals surface area contributed by atoms with Gasteiger partial charge in [-0.3, -0.25) is 0 Å². The van der Waals surface area contributed by atoms with Gasteiger partial charge in [0.25, 0.3) is 0 Å². The highest BCUT2D eigenvalue weighted by Gasteiger charge is 2.37. The fourth-order valence-corrected chi connectivity index (χ4v) is 5.51. The molecule has 0 bridgehead atoms. The van der Waals surface area contributed by atoms with Gasteiger partial charge in [0.2, 0.25) is 0 Å². The maximum Gasteiger partial charge on any atom is 0.119 e. The lowest BCUT2D eigenvalue weighted by atomic mass is 9.63. The molecule has 0 aliphatic heterocycles. The first-order valence-corrected chi connectivity index (χ1v) is 13.6. The number of hydrogen-bond acceptors (Lipinski definition) is 1. The summed E-state index contributed by atoms with van der Waals surface area (Å²) in [6.07, 6.45) is 11.7. The zero-order valence-corrected chi connectivity index (χ0v) is 22.2. The molecule has 34 heavy (non-hydrogen) atoms. The Labute approximate surface area is 207 Å². The molecule has 0 atom stereocenters. The highest BCUT2D eigenvalue weighted by molar-refractivity contribution is 5.89. The molecule has 1 aliphatic rings. The molecule has 0 N–H and O–H groups in total. The predicted octanol–water partition coefficient (Wildman–Crippen LogP) is 9.99. The van der Waals surface area contributed by atoms with Gasteiger partial charge in [-0.1, -0.05) is 110 Å². The van der Waals surface area contributed by atoms with E-state index in [4.69, 9.17) is 4.74 Å². The molecule has 0 heterocycles. The van der Waals surface area contributed by atoms with Gasteiger partial charge in [0.1, 0.15) is 5.75 Å². The van der Waals surface area contributed by atoms with Crippen LogP contribution in [0.15, 0.2) is 54.6 Å². The second-order valence-corrected chi connectivity index (χ2v) is 11.7. The lowest BCUT2D eigenvalue weighted by molar-refractivity contribution is 0.304. The van der Waals surface area contributed by atoms with Gasteiger partial charge in [-0.05, 0) is 81.3 Å². The van der Waals surface area contributed by atoms with E-state index in [0.29, 0.717) is 0 Å². The maximum atomic E-state index is 6.11. The van der Waals surface area contributed by atoms with Crippen molar-refractivity contribution in [1.29, 1.82) is 0 Å². The van der Waals surface area contributed by atoms with Crippen molar-refractivity contribution in [2.75, 3.05) is 6.61 Å². The van der Waals surface area contributed by atoms with E-state index < -0.39 is 0 Å². The lowest BCUT2D eigenvalue weighted by Crippen LogP contribution is -2.33. The third kappa shape index (κ3) is 5.68. The van der Waals surface area contributed by atoms with Crippen LogP contribution in [0.25, 0.3) is 21.9 Å². The monoisotopic (exact) mass is 456 g/mol. The van der Waals surface area contributed by atoms with Crippen molar-refractivity contribution in [2.24, 2.45) is 0 Å². The third-order valence-electron chi connectivity index (χ3n) is 7.99. The van der Waals surface area contributed by atoms with Crippen LogP contribution in [0.3, 0.4) is 0 Å². The Bertz CT molecular complexity index is 1100. The minimum atomic E-state index is 0.235. The van der Waals surface area contributed by atoms with Crippen molar-refractivity contribution in [2.45, 2.75) is 103 Å². The van der Waals surface area contributed by atoms with E-state index in [9.17, 15) is 0 Å². The van der Waals surface area contributed by atoms with Gasteiger partial charge in [-0.15, -0.1) is 0 Å². The predicted molar refractivity (Wildman–Crippen MR) is 148 cm³/mol. The molecule has 0 saturated heterocycles. The van der Waals surface area contributed by atoms with E-state index in [-0.39, 0.29) is 10.8 Å². The summed E-state index contributed by atoms with van der Waals surface area (Å²) < 4.78 is 6.11. The zero-order chi connectivity index (χ0) is 24.2. The summed E-state index contributed by atoms with van der Waals surface area (Å²) in [5, 5.41) is 2.69. The fourth-order valence-electron chi connectivity index (χ4n) is 5.51. The summed E-state index contributed by atoms with van der Waals surface area (Å²) >= 11 is 0. The van der Waals surface area contributed by atoms with E-state index in [1.165, 1.54) is 84.4 Å². The molecule has 182 valence electrons. The molecule has 3 aromatic rings. The van der Waals surface area contributed by atoms with Crippen molar-refractivity contribution in [3.63, 3.8) is 0 Å². The Morgan fingerprint density at radius 3 is 1.97 bits per heavy atom. The molecule has 3 aromatic carbocycles. The van der Waals surface area contributed by atoms with Crippen LogP contribution in [0.1, 0.15) is 104 Å². The maximum absolute atomic E-state index is 6.11. The molecule has 0 fully saturated rings. The molecule has 0 saturated carbocycles. The number of hydrogen-bond donors (Lipinski definition) is 0. The summed E-state index contributed by atoms with van der Waals surface area (Å²) in [5.74, 6) is 0.983. The second kappa shape index (κ2) is 10.5. The molecule has 0 amide bonds. The van der Waals surface area contributed by atoms with Crippen molar-refractivity contribution < 1.29 is 4.74 Å². The molecule has 0 radical (unpaired) electrons. The first-order chi connectivity index (χ1) is 16.3. The average molecular weight is 457 g/mol. The first kappa shape index (κ1) is 24.8. The molecule has 0 spiro atoms. The van der Waals surface area contributed by atoms with Crippen LogP contribution in [-0.2, 0) is 10.8 Å². The van der Waals surface area contributed by atoms with Gasteiger partial charge in [-0.25, -0.2) is 0 Å². The van der Waals surface area contributed by atoms with Gasteiger partial charge in [-0.2, -0.15) is 0 Å². The van der Waals surface area contributed by atoms with E-state index in [1.54, 1.807) is 0 Å². The van der Waals surface area contributed by atoms with E-state index in [1.807, 2.05) is 0 Å². The summed E-state index contributed by atoms with van der Waals surface area (Å²) in [4.78, 5) is 0. The summed E-state index contributed by atoms with van der Waals surface area (Å²) in [6, 6.07) is 20.5. The van der Waals surface area contributed by atoms with Gasteiger partial charge in [0, 0.05) is 0 Å². The van der Waals surface area contributed by atoms with Crippen LogP contribution in [-0.4, -0.2) is 6.61 Å². The topological polar surface area (TPSA) is 9.23 Å². The fraction of sp³-hybridized carbons (Fsp3) is 0.515. The largest absolute Gasteiger partial charge is 0.494 e. The number of unbranched alkanes of at least 4 members (excludes halogenated alkanes) is 6. The first-order valence-electron chi connectivity index (χ1n) is 13.6. The van der Waals surface area contributed by atoms with Gasteiger partial charge in [0.15, 0.2) is 0 Å². The Morgan fingerprint density at radius 2 is 1.26 bits per heavy atom. The molecule has 0 unspecified atom stereocenters. The smallest absolute Gasteiger partial charge is 0.119 e. The summed E-state index contributed by atoms with van der Waals surface area (Å²) in [7, 11) is 0. The molecule has 1 aliphatic carbocycles. The Kier molecular flexibility index (Phi) is 7.70. The van der Waals surface area contributed by atoms with Gasteiger partial charge in [0.05, 0.1) is 6.61 Å². The zero-order valence-electron chi connectivity index (χ0n) is 22.2. The molecular formula is C33H44O. The number of rotatable bonds is 10. The van der Waals surface area contributed by atoms with Crippen LogP contribution in [0.4, 0.5) is 0 Å². The van der Waals surface area contributed by atoms with Gasteiger partial charge >= 0.3 is 0 Å². The van der Waals surface area contributed by atoms with Crippen molar-refractivity contribution in [1.82, 2.24) is 0 Å². The Hall–Kier alpha value is -2.28. The van der Waals surface area contributed by atoms with Crippen molar-refractivity contribution in [3.05, 3.63) is 65.7 Å². The van der Waals surface area contributed by atoms with Crippen molar-refractivity contribution >= 4 is 10.8 Å². The third-order valence-corrected chi connectivity index (χ3v) is 7.99. The molecule has 4 rings (SSSR count). The average Bonchev–Trinajstić information content (AvgIpc) is 2.83. The molecular weight excluding hydrogens is 412 g/mol. The van der Waals surface area contributed by atoms with Crippen LogP contribution in [0.2, 0.25) is 0 Å². The highest BCUT2D eigenvalue weighted by atomic mass is 16.5. The normalized spacial score (nSPS) is 16.4. The molecule has 0 aromatic heterocycles. The lowest BCUT2D eigenvalue weighted by Gasteiger charge is -2.42. The Balaban J connectivity index is 1.48. The quantitative estimate of drug-likeness (QED) is 0.276. The molecule has 1 heteroatoms. The van der Waals surface area contributed by atoms with Crippen LogP contribution in [0, 0.1) is 0 Å². The van der Waals surface area contributed by atoms with Crippen LogP contribution in [0.5, 0.6) is 5.75 Å². The van der Waals surface area contributed by atoms with E-state index in [0.717, 1.165) is 18.8 Å². The van der Waals surface area contributed by atoms with Gasteiger partial charge < -0.3 is 4.74 Å².